The number of benzene rings is 1. The molecule has 0 saturated heterocycles. The first kappa shape index (κ1) is 16.6. The van der Waals surface area contributed by atoms with Crippen molar-refractivity contribution in [1.82, 2.24) is 0 Å². The Labute approximate surface area is 143 Å². The summed E-state index contributed by atoms with van der Waals surface area (Å²) in [6.45, 7) is 2.04. The van der Waals surface area contributed by atoms with Crippen molar-refractivity contribution in [1.29, 1.82) is 0 Å². The summed E-state index contributed by atoms with van der Waals surface area (Å²) < 4.78 is 18.3. The highest BCUT2D eigenvalue weighted by Gasteiger charge is 2.32. The van der Waals surface area contributed by atoms with Crippen LogP contribution in [0.15, 0.2) is 29.6 Å². The Morgan fingerprint density at radius 1 is 1.38 bits per heavy atom. The van der Waals surface area contributed by atoms with Gasteiger partial charge in [-0.25, -0.2) is 9.18 Å². The summed E-state index contributed by atoms with van der Waals surface area (Å²) in [5, 5.41) is 5.21. The second-order valence-electron chi connectivity index (χ2n) is 5.74. The van der Waals surface area contributed by atoms with E-state index in [1.807, 2.05) is 5.38 Å². The molecule has 1 heterocycles. The monoisotopic (exact) mass is 347 g/mol. The smallest absolute Gasteiger partial charge is 0.341 e. The van der Waals surface area contributed by atoms with E-state index in [9.17, 15) is 14.0 Å². The molecule has 1 aromatic heterocycles. The minimum absolute atomic E-state index is 0.0523. The number of carbonyl (C=O) groups excluding carboxylic acids is 2. The predicted molar refractivity (Wildman–Crippen MR) is 91.0 cm³/mol. The van der Waals surface area contributed by atoms with E-state index in [-0.39, 0.29) is 24.8 Å². The van der Waals surface area contributed by atoms with Crippen LogP contribution in [0.25, 0.3) is 0 Å². The van der Waals surface area contributed by atoms with Crippen LogP contribution >= 0.6 is 11.3 Å². The largest absolute Gasteiger partial charge is 0.462 e. The summed E-state index contributed by atoms with van der Waals surface area (Å²) in [6, 6.07) is 5.93. The molecule has 0 aliphatic heterocycles. The third-order valence-electron chi connectivity index (χ3n) is 3.82. The van der Waals surface area contributed by atoms with Crippen molar-refractivity contribution in [3.8, 4) is 0 Å². The molecule has 1 aromatic carbocycles. The molecule has 126 valence electrons. The molecule has 1 N–H and O–H groups in total. The maximum absolute atomic E-state index is 13.2. The van der Waals surface area contributed by atoms with Crippen LogP contribution in [0.1, 0.15) is 47.2 Å². The number of carbonyl (C=O) groups is 2. The molecule has 0 atom stereocenters. The maximum Gasteiger partial charge on any atom is 0.341 e. The molecule has 0 spiro atoms. The highest BCUT2D eigenvalue weighted by molar-refractivity contribution is 7.15. The molecule has 1 saturated carbocycles. The molecule has 1 aliphatic carbocycles. The Morgan fingerprint density at radius 2 is 2.17 bits per heavy atom. The fourth-order valence-corrected chi connectivity index (χ4v) is 3.62. The van der Waals surface area contributed by atoms with E-state index < -0.39 is 5.97 Å². The number of hydrogen-bond acceptors (Lipinski definition) is 4. The van der Waals surface area contributed by atoms with E-state index in [0.717, 1.165) is 18.4 Å². The van der Waals surface area contributed by atoms with Crippen molar-refractivity contribution in [2.75, 3.05) is 11.9 Å². The average Bonchev–Trinajstić information content (AvgIpc) is 3.29. The Bertz CT molecular complexity index is 767. The lowest BCUT2D eigenvalue weighted by molar-refractivity contribution is -0.115. The van der Waals surface area contributed by atoms with E-state index in [1.165, 1.54) is 23.5 Å². The lowest BCUT2D eigenvalue weighted by atomic mass is 10.1. The highest BCUT2D eigenvalue weighted by atomic mass is 32.1. The first-order valence-corrected chi connectivity index (χ1v) is 8.79. The van der Waals surface area contributed by atoms with Gasteiger partial charge in [-0.05, 0) is 54.3 Å². The van der Waals surface area contributed by atoms with E-state index >= 15 is 0 Å². The Balaban J connectivity index is 1.76. The third-order valence-corrected chi connectivity index (χ3v) is 4.74. The zero-order valence-electron chi connectivity index (χ0n) is 13.3. The summed E-state index contributed by atoms with van der Waals surface area (Å²) in [6.07, 6.45) is 2.16. The van der Waals surface area contributed by atoms with Crippen molar-refractivity contribution < 1.29 is 18.7 Å². The molecular weight excluding hydrogens is 329 g/mol. The second-order valence-corrected chi connectivity index (χ2v) is 6.62. The van der Waals surface area contributed by atoms with Crippen molar-refractivity contribution in [2.24, 2.45) is 0 Å². The zero-order valence-corrected chi connectivity index (χ0v) is 14.1. The minimum atomic E-state index is -0.401. The van der Waals surface area contributed by atoms with Gasteiger partial charge >= 0.3 is 5.97 Å². The number of thiophene rings is 1. The number of amides is 1. The van der Waals surface area contributed by atoms with E-state index in [2.05, 4.69) is 5.32 Å². The van der Waals surface area contributed by atoms with Crippen LogP contribution in [0, 0.1) is 5.82 Å². The van der Waals surface area contributed by atoms with Crippen LogP contribution in [0.3, 0.4) is 0 Å². The van der Waals surface area contributed by atoms with Crippen LogP contribution in [-0.2, 0) is 16.0 Å². The summed E-state index contributed by atoms with van der Waals surface area (Å²) >= 11 is 1.33. The molecule has 24 heavy (non-hydrogen) atoms. The van der Waals surface area contributed by atoms with Gasteiger partial charge in [-0.1, -0.05) is 12.1 Å². The van der Waals surface area contributed by atoms with Crippen LogP contribution in [0.5, 0.6) is 0 Å². The second kappa shape index (κ2) is 7.13. The molecule has 0 unspecified atom stereocenters. The topological polar surface area (TPSA) is 55.4 Å². The maximum atomic E-state index is 13.2. The number of rotatable bonds is 6. The van der Waals surface area contributed by atoms with Crippen molar-refractivity contribution in [2.45, 2.75) is 32.1 Å². The first-order chi connectivity index (χ1) is 11.6. The molecule has 0 radical (unpaired) electrons. The van der Waals surface area contributed by atoms with Gasteiger partial charge in [-0.2, -0.15) is 0 Å². The Kier molecular flexibility index (Phi) is 4.94. The molecule has 1 aliphatic rings. The minimum Gasteiger partial charge on any atom is -0.462 e. The summed E-state index contributed by atoms with van der Waals surface area (Å²) in [5.74, 6) is -0.675. The Morgan fingerprint density at radius 3 is 2.83 bits per heavy atom. The normalized spacial score (nSPS) is 13.6. The molecule has 1 amide bonds. The van der Waals surface area contributed by atoms with Crippen molar-refractivity contribution in [3.05, 3.63) is 52.2 Å². The van der Waals surface area contributed by atoms with Gasteiger partial charge in [0.2, 0.25) is 5.91 Å². The van der Waals surface area contributed by atoms with Gasteiger partial charge < -0.3 is 10.1 Å². The molecule has 3 rings (SSSR count). The zero-order chi connectivity index (χ0) is 17.1. The number of nitrogens with one attached hydrogen (secondary N) is 1. The average molecular weight is 347 g/mol. The van der Waals surface area contributed by atoms with Gasteiger partial charge in [0.05, 0.1) is 18.6 Å². The summed E-state index contributed by atoms with van der Waals surface area (Å²) in [7, 11) is 0. The quantitative estimate of drug-likeness (QED) is 0.800. The number of anilines is 1. The van der Waals surface area contributed by atoms with Gasteiger partial charge in [0, 0.05) is 0 Å². The molecule has 6 heteroatoms. The fraction of sp³-hybridized carbons (Fsp3) is 0.333. The van der Waals surface area contributed by atoms with Crippen molar-refractivity contribution in [3.63, 3.8) is 0 Å². The van der Waals surface area contributed by atoms with Gasteiger partial charge in [0.15, 0.2) is 0 Å². The molecule has 4 nitrogen and oxygen atoms in total. The van der Waals surface area contributed by atoms with Crippen LogP contribution in [0.2, 0.25) is 0 Å². The Hall–Kier alpha value is -2.21. The summed E-state index contributed by atoms with van der Waals surface area (Å²) in [5.41, 5.74) is 2.01. The van der Waals surface area contributed by atoms with Crippen molar-refractivity contribution >= 4 is 28.2 Å². The fourth-order valence-electron chi connectivity index (χ4n) is 2.57. The highest BCUT2D eigenvalue weighted by Crippen LogP contribution is 2.46. The number of halogens is 1. The molecule has 0 bridgehead atoms. The van der Waals surface area contributed by atoms with Crippen LogP contribution in [0.4, 0.5) is 9.39 Å². The lowest BCUT2D eigenvalue weighted by Crippen LogP contribution is -2.17. The SMILES string of the molecule is CCOC(=O)c1c(C2CC2)csc1NC(=O)Cc1cccc(F)c1. The molecular formula is C18H18FNO3S. The van der Waals surface area contributed by atoms with Crippen LogP contribution < -0.4 is 5.32 Å². The third kappa shape index (κ3) is 3.82. The van der Waals surface area contributed by atoms with Gasteiger partial charge in [0.1, 0.15) is 10.8 Å². The number of ether oxygens (including phenoxy) is 1. The molecule has 2 aromatic rings. The van der Waals surface area contributed by atoms with Gasteiger partial charge in [-0.15, -0.1) is 11.3 Å². The van der Waals surface area contributed by atoms with Gasteiger partial charge in [0.25, 0.3) is 0 Å². The van der Waals surface area contributed by atoms with E-state index in [1.54, 1.807) is 19.1 Å². The van der Waals surface area contributed by atoms with Crippen LogP contribution in [-0.4, -0.2) is 18.5 Å². The van der Waals surface area contributed by atoms with Gasteiger partial charge in [-0.3, -0.25) is 4.79 Å². The predicted octanol–water partition coefficient (Wildman–Crippen LogP) is 4.12. The first-order valence-electron chi connectivity index (χ1n) is 7.91. The number of hydrogen-bond donors (Lipinski definition) is 1. The molecule has 1 fully saturated rings. The standard InChI is InChI=1S/C18H18FNO3S/c1-2-23-18(22)16-14(12-6-7-12)10-24-17(16)20-15(21)9-11-4-3-5-13(19)8-11/h3-5,8,10,12H,2,6-7,9H2,1H3,(H,20,21). The lowest BCUT2D eigenvalue weighted by Gasteiger charge is -2.08. The summed E-state index contributed by atoms with van der Waals surface area (Å²) in [4.78, 5) is 24.5. The van der Waals surface area contributed by atoms with E-state index in [4.69, 9.17) is 4.74 Å². The number of esters is 1. The van der Waals surface area contributed by atoms with E-state index in [0.29, 0.717) is 22.0 Å².